The van der Waals surface area contributed by atoms with E-state index >= 15 is 0 Å². The van der Waals surface area contributed by atoms with Crippen LogP contribution in [0.5, 0.6) is 0 Å². The lowest BCUT2D eigenvalue weighted by atomic mass is 10.3. The van der Waals surface area contributed by atoms with E-state index in [-0.39, 0.29) is 20.8 Å². The summed E-state index contributed by atoms with van der Waals surface area (Å²) in [6, 6.07) is 8.60. The summed E-state index contributed by atoms with van der Waals surface area (Å²) in [5, 5.41) is 2.63. The van der Waals surface area contributed by atoms with E-state index in [1.807, 2.05) is 0 Å². The monoisotopic (exact) mass is 457 g/mol. The molecular weight excluding hydrogens is 441 g/mol. The van der Waals surface area contributed by atoms with Crippen LogP contribution in [0.25, 0.3) is 0 Å². The van der Waals surface area contributed by atoms with E-state index in [0.717, 1.165) is 12.8 Å². The topological polar surface area (TPSA) is 106 Å². The molecule has 2 heterocycles. The normalized spacial score (nSPS) is 14.6. The Balaban J connectivity index is 1.57. The largest absolute Gasteiger partial charge is 0.451 e. The molecule has 2 aromatic rings. The predicted octanol–water partition coefficient (Wildman–Crippen LogP) is 2.97. The summed E-state index contributed by atoms with van der Waals surface area (Å²) >= 11 is 11.6. The summed E-state index contributed by atoms with van der Waals surface area (Å²) in [5.41, 5.74) is 0.175. The van der Waals surface area contributed by atoms with Crippen molar-refractivity contribution in [2.45, 2.75) is 17.7 Å². The Morgan fingerprint density at radius 1 is 1.07 bits per heavy atom. The fourth-order valence-electron chi connectivity index (χ4n) is 2.75. The minimum absolute atomic E-state index is 0.0506. The number of aromatic nitrogens is 1. The fraction of sp³-hybridized carbons (Fsp3) is 0.278. The average molecular weight is 458 g/mol. The molecule has 1 aromatic heterocycles. The summed E-state index contributed by atoms with van der Waals surface area (Å²) in [5.74, 6) is -1.49. The number of halogens is 2. The van der Waals surface area contributed by atoms with E-state index < -0.39 is 28.5 Å². The number of carbonyl (C=O) groups excluding carboxylic acids is 2. The maximum Gasteiger partial charge on any atom is 0.359 e. The smallest absolute Gasteiger partial charge is 0.359 e. The summed E-state index contributed by atoms with van der Waals surface area (Å²) in [4.78, 5) is 27.9. The summed E-state index contributed by atoms with van der Waals surface area (Å²) in [7, 11) is -3.52. The lowest BCUT2D eigenvalue weighted by Gasteiger charge is -2.15. The number of anilines is 1. The van der Waals surface area contributed by atoms with Crippen LogP contribution in [0.1, 0.15) is 23.3 Å². The van der Waals surface area contributed by atoms with Crippen LogP contribution in [0.3, 0.4) is 0 Å². The highest BCUT2D eigenvalue weighted by molar-refractivity contribution is 7.89. The molecule has 1 aliphatic rings. The molecule has 1 fully saturated rings. The first-order valence-electron chi connectivity index (χ1n) is 8.66. The first-order chi connectivity index (χ1) is 13.8. The van der Waals surface area contributed by atoms with Crippen LogP contribution in [-0.4, -0.2) is 49.3 Å². The Bertz CT molecular complexity index is 1020. The van der Waals surface area contributed by atoms with E-state index in [1.165, 1.54) is 40.7 Å². The van der Waals surface area contributed by atoms with Crippen LogP contribution in [0.15, 0.2) is 41.3 Å². The van der Waals surface area contributed by atoms with Crippen molar-refractivity contribution in [3.05, 3.63) is 52.3 Å². The maximum absolute atomic E-state index is 12.5. The first kappa shape index (κ1) is 21.5. The lowest BCUT2D eigenvalue weighted by Crippen LogP contribution is -2.27. The van der Waals surface area contributed by atoms with Crippen molar-refractivity contribution in [1.82, 2.24) is 9.29 Å². The number of nitrogens with one attached hydrogen (secondary N) is 1. The van der Waals surface area contributed by atoms with Crippen molar-refractivity contribution in [2.75, 3.05) is 25.0 Å². The number of carbonyl (C=O) groups is 2. The number of ether oxygens (including phenoxy) is 1. The number of esters is 1. The molecule has 29 heavy (non-hydrogen) atoms. The molecule has 0 saturated carbocycles. The van der Waals surface area contributed by atoms with Crippen LogP contribution in [0.2, 0.25) is 10.2 Å². The van der Waals surface area contributed by atoms with Gasteiger partial charge < -0.3 is 10.1 Å². The van der Waals surface area contributed by atoms with Gasteiger partial charge in [0.1, 0.15) is 5.15 Å². The first-order valence-corrected chi connectivity index (χ1v) is 10.9. The van der Waals surface area contributed by atoms with Gasteiger partial charge in [-0.1, -0.05) is 23.2 Å². The Morgan fingerprint density at radius 3 is 2.38 bits per heavy atom. The third-order valence-electron chi connectivity index (χ3n) is 4.18. The Kier molecular flexibility index (Phi) is 6.74. The third kappa shape index (κ3) is 5.24. The second kappa shape index (κ2) is 9.08. The summed E-state index contributed by atoms with van der Waals surface area (Å²) in [6.45, 7) is 0.451. The quantitative estimate of drug-likeness (QED) is 0.527. The van der Waals surface area contributed by atoms with Gasteiger partial charge in [-0.05, 0) is 49.2 Å². The van der Waals surface area contributed by atoms with Crippen LogP contribution in [-0.2, 0) is 19.6 Å². The number of hydrogen-bond acceptors (Lipinski definition) is 6. The van der Waals surface area contributed by atoms with E-state index in [9.17, 15) is 18.0 Å². The third-order valence-corrected chi connectivity index (χ3v) is 6.61. The Morgan fingerprint density at radius 2 is 1.72 bits per heavy atom. The molecule has 11 heteroatoms. The van der Waals surface area contributed by atoms with Crippen molar-refractivity contribution >= 4 is 50.8 Å². The summed E-state index contributed by atoms with van der Waals surface area (Å²) < 4.78 is 31.3. The van der Waals surface area contributed by atoms with E-state index in [4.69, 9.17) is 27.9 Å². The van der Waals surface area contributed by atoms with Crippen molar-refractivity contribution in [3.8, 4) is 0 Å². The van der Waals surface area contributed by atoms with E-state index in [1.54, 1.807) is 0 Å². The molecule has 0 atom stereocenters. The van der Waals surface area contributed by atoms with Crippen LogP contribution in [0, 0.1) is 0 Å². The lowest BCUT2D eigenvalue weighted by molar-refractivity contribution is -0.119. The van der Waals surface area contributed by atoms with E-state index in [2.05, 4.69) is 10.3 Å². The Labute approximate surface area is 177 Å². The average Bonchev–Trinajstić information content (AvgIpc) is 3.24. The number of sulfonamides is 1. The Hall–Kier alpha value is -2.20. The molecule has 0 unspecified atom stereocenters. The van der Waals surface area contributed by atoms with Gasteiger partial charge in [0.15, 0.2) is 12.3 Å². The molecule has 1 aromatic carbocycles. The number of hydrogen-bond donors (Lipinski definition) is 1. The highest BCUT2D eigenvalue weighted by atomic mass is 35.5. The van der Waals surface area contributed by atoms with Crippen LogP contribution < -0.4 is 5.32 Å². The van der Waals surface area contributed by atoms with Crippen molar-refractivity contribution in [2.24, 2.45) is 0 Å². The number of amides is 1. The van der Waals surface area contributed by atoms with Crippen molar-refractivity contribution in [3.63, 3.8) is 0 Å². The molecule has 1 saturated heterocycles. The molecule has 0 bridgehead atoms. The SMILES string of the molecule is O=C(COC(=O)c1nc(Cl)ccc1Cl)Nc1ccc(S(=O)(=O)N2CCCC2)cc1. The number of rotatable bonds is 6. The number of nitrogens with zero attached hydrogens (tertiary/aromatic N) is 2. The van der Waals surface area contributed by atoms with Gasteiger partial charge in [0, 0.05) is 18.8 Å². The molecule has 1 amide bonds. The minimum atomic E-state index is -3.52. The van der Waals surface area contributed by atoms with E-state index in [0.29, 0.717) is 18.8 Å². The minimum Gasteiger partial charge on any atom is -0.451 e. The molecule has 0 spiro atoms. The van der Waals surface area contributed by atoms with Crippen LogP contribution >= 0.6 is 23.2 Å². The van der Waals surface area contributed by atoms with Gasteiger partial charge in [-0.25, -0.2) is 18.2 Å². The van der Waals surface area contributed by atoms with Gasteiger partial charge in [-0.2, -0.15) is 4.31 Å². The molecule has 3 rings (SSSR count). The predicted molar refractivity (Wildman–Crippen MR) is 108 cm³/mol. The van der Waals surface area contributed by atoms with Gasteiger partial charge in [0.25, 0.3) is 5.91 Å². The molecule has 1 N–H and O–H groups in total. The zero-order valence-corrected chi connectivity index (χ0v) is 17.4. The molecule has 8 nitrogen and oxygen atoms in total. The second-order valence-corrected chi connectivity index (χ2v) is 8.96. The van der Waals surface area contributed by atoms with Crippen molar-refractivity contribution < 1.29 is 22.7 Å². The van der Waals surface area contributed by atoms with Gasteiger partial charge in [-0.15, -0.1) is 0 Å². The fourth-order valence-corrected chi connectivity index (χ4v) is 4.59. The van der Waals surface area contributed by atoms with Gasteiger partial charge >= 0.3 is 5.97 Å². The maximum atomic E-state index is 12.5. The molecule has 1 aliphatic heterocycles. The van der Waals surface area contributed by atoms with Gasteiger partial charge in [0.05, 0.1) is 9.92 Å². The zero-order chi connectivity index (χ0) is 21.0. The second-order valence-electron chi connectivity index (χ2n) is 6.22. The standard InChI is InChI=1S/C18H17Cl2N3O5S/c19-14-7-8-15(20)22-17(14)18(25)28-11-16(24)21-12-3-5-13(6-4-12)29(26,27)23-9-1-2-10-23/h3-8H,1-2,9-11H2,(H,21,24). The summed E-state index contributed by atoms with van der Waals surface area (Å²) in [6.07, 6.45) is 1.70. The number of pyridine rings is 1. The number of benzene rings is 1. The van der Waals surface area contributed by atoms with Crippen LogP contribution in [0.4, 0.5) is 5.69 Å². The van der Waals surface area contributed by atoms with Crippen molar-refractivity contribution in [1.29, 1.82) is 0 Å². The highest BCUT2D eigenvalue weighted by Gasteiger charge is 2.27. The molecule has 0 radical (unpaired) electrons. The zero-order valence-electron chi connectivity index (χ0n) is 15.1. The van der Waals surface area contributed by atoms with Gasteiger partial charge in [0.2, 0.25) is 10.0 Å². The molecule has 0 aliphatic carbocycles. The highest BCUT2D eigenvalue weighted by Crippen LogP contribution is 2.22. The van der Waals surface area contributed by atoms with Gasteiger partial charge in [-0.3, -0.25) is 4.79 Å². The molecular formula is C18H17Cl2N3O5S. The molecule has 154 valence electrons.